The summed E-state index contributed by atoms with van der Waals surface area (Å²) in [7, 11) is 0. The summed E-state index contributed by atoms with van der Waals surface area (Å²) in [6, 6.07) is 46.2. The zero-order valence-corrected chi connectivity index (χ0v) is 27.7. The van der Waals surface area contributed by atoms with Crippen molar-refractivity contribution >= 4 is 21.8 Å². The van der Waals surface area contributed by atoms with Crippen molar-refractivity contribution in [1.29, 1.82) is 0 Å². The molecule has 0 unspecified atom stereocenters. The molecule has 3 nitrogen and oxygen atoms in total. The van der Waals surface area contributed by atoms with E-state index in [2.05, 4.69) is 114 Å². The molecule has 0 spiro atoms. The van der Waals surface area contributed by atoms with Gasteiger partial charge in [-0.15, -0.1) is 59.7 Å². The topological polar surface area (TPSA) is 30.7 Å². The molecule has 3 aromatic heterocycles. The molecule has 0 atom stereocenters. The van der Waals surface area contributed by atoms with Crippen molar-refractivity contribution in [3.63, 3.8) is 0 Å². The number of nitrogens with zero attached hydrogens (tertiary/aromatic N) is 3. The van der Waals surface area contributed by atoms with E-state index in [0.717, 1.165) is 35.5 Å². The number of hydrogen-bond donors (Lipinski definition) is 0. The first kappa shape index (κ1) is 31.1. The van der Waals surface area contributed by atoms with Gasteiger partial charge in [0, 0.05) is 50.1 Å². The Morgan fingerprint density at radius 3 is 2.20 bits per heavy atom. The van der Waals surface area contributed by atoms with Crippen molar-refractivity contribution < 1.29 is 20.1 Å². The van der Waals surface area contributed by atoms with Gasteiger partial charge in [-0.05, 0) is 57.9 Å². The monoisotopic (exact) mass is 750 g/mol. The van der Waals surface area contributed by atoms with E-state index in [9.17, 15) is 0 Å². The van der Waals surface area contributed by atoms with Crippen molar-refractivity contribution in [2.75, 3.05) is 0 Å². The fourth-order valence-corrected chi connectivity index (χ4v) is 5.59. The summed E-state index contributed by atoms with van der Waals surface area (Å²) in [5, 5.41) is 2.58. The van der Waals surface area contributed by atoms with Gasteiger partial charge in [-0.3, -0.25) is 0 Å². The third-order valence-electron chi connectivity index (χ3n) is 7.63. The first-order valence-electron chi connectivity index (χ1n) is 15.0. The summed E-state index contributed by atoms with van der Waals surface area (Å²) in [6.07, 6.45) is 4.80. The van der Waals surface area contributed by atoms with Crippen LogP contribution in [0.2, 0.25) is 0 Å². The largest absolute Gasteiger partial charge is 0.380 e. The van der Waals surface area contributed by atoms with Gasteiger partial charge in [0.1, 0.15) is 0 Å². The molecule has 0 bridgehead atoms. The van der Waals surface area contributed by atoms with Crippen molar-refractivity contribution in [3.05, 3.63) is 145 Å². The van der Waals surface area contributed by atoms with Gasteiger partial charge in [0.05, 0.1) is 0 Å². The summed E-state index contributed by atoms with van der Waals surface area (Å²) in [5.41, 5.74) is 10.3. The standard InChI is InChI=1S/C21H19N2.C19H16N.Ir/c1-15(2)14-23-20-9-4-3-7-17(20)18-13-16(10-11-21(18)23)19-8-5-6-12-22-19;1-2-15-13-19(17-11-7-4-8-12-17)20-14-18(15)16-9-5-3-6-10-16;/h3-9,11-13,15H,14H2,1-2H3;3-11,13-14H,2H2,1H3;/q2*-1;. The zero-order chi connectivity index (χ0) is 29.6. The SMILES string of the molecule is CC(C)Cn1c2c[c-]c(-c3ccccn3)cc2c2ccccc21.CCc1cc(-c2[c-]cccc2)ncc1-c1ccccc1.[Ir]. The fraction of sp³-hybridized carbons (Fsp3) is 0.150. The third kappa shape index (κ3) is 6.73. The van der Waals surface area contributed by atoms with E-state index in [-0.39, 0.29) is 20.1 Å². The van der Waals surface area contributed by atoms with Crippen LogP contribution in [-0.2, 0) is 33.1 Å². The fourth-order valence-electron chi connectivity index (χ4n) is 5.59. The maximum Gasteiger partial charge on any atom is 0.0391 e. The van der Waals surface area contributed by atoms with Crippen molar-refractivity contribution in [2.24, 2.45) is 5.92 Å². The molecule has 0 saturated carbocycles. The zero-order valence-electron chi connectivity index (χ0n) is 25.3. The average Bonchev–Trinajstić information content (AvgIpc) is 3.38. The minimum atomic E-state index is 0. The minimum Gasteiger partial charge on any atom is -0.380 e. The number of benzene rings is 4. The van der Waals surface area contributed by atoms with Crippen molar-refractivity contribution in [3.8, 4) is 33.6 Å². The van der Waals surface area contributed by atoms with Crippen LogP contribution >= 0.6 is 0 Å². The van der Waals surface area contributed by atoms with E-state index in [1.165, 1.54) is 38.5 Å². The van der Waals surface area contributed by atoms with Gasteiger partial charge < -0.3 is 14.5 Å². The van der Waals surface area contributed by atoms with Gasteiger partial charge in [0.15, 0.2) is 0 Å². The number of aromatic nitrogens is 3. The number of fused-ring (bicyclic) bond motifs is 3. The summed E-state index contributed by atoms with van der Waals surface area (Å²) in [5.74, 6) is 0.601. The third-order valence-corrected chi connectivity index (χ3v) is 7.63. The molecule has 0 fully saturated rings. The molecular weight excluding hydrogens is 715 g/mol. The Hall–Kier alpha value is -4.37. The Labute approximate surface area is 274 Å². The summed E-state index contributed by atoms with van der Waals surface area (Å²) >= 11 is 0. The Morgan fingerprint density at radius 1 is 0.705 bits per heavy atom. The molecule has 221 valence electrons. The van der Waals surface area contributed by atoms with Crippen LogP contribution in [0, 0.1) is 18.1 Å². The molecule has 0 amide bonds. The van der Waals surface area contributed by atoms with E-state index in [4.69, 9.17) is 0 Å². The molecule has 4 aromatic carbocycles. The molecule has 7 rings (SSSR count). The summed E-state index contributed by atoms with van der Waals surface area (Å²) in [6.45, 7) is 7.71. The Bertz CT molecular complexity index is 1950. The van der Waals surface area contributed by atoms with E-state index >= 15 is 0 Å². The molecule has 3 heterocycles. The van der Waals surface area contributed by atoms with E-state index < -0.39 is 0 Å². The van der Waals surface area contributed by atoms with Gasteiger partial charge in [0.25, 0.3) is 0 Å². The molecule has 7 aromatic rings. The molecule has 4 heteroatoms. The Balaban J connectivity index is 0.000000172. The molecule has 44 heavy (non-hydrogen) atoms. The smallest absolute Gasteiger partial charge is 0.0391 e. The Morgan fingerprint density at radius 2 is 1.48 bits per heavy atom. The predicted molar refractivity (Wildman–Crippen MR) is 180 cm³/mol. The average molecular weight is 750 g/mol. The number of pyridine rings is 2. The Kier molecular flexibility index (Phi) is 10.2. The first-order chi connectivity index (χ1) is 21.1. The second kappa shape index (κ2) is 14.4. The molecular formula is C40H35IrN3-2. The predicted octanol–water partition coefficient (Wildman–Crippen LogP) is 10.1. The van der Waals surface area contributed by atoms with Crippen LogP contribution < -0.4 is 0 Å². The van der Waals surface area contributed by atoms with Gasteiger partial charge >= 0.3 is 0 Å². The molecule has 1 radical (unpaired) electrons. The second-order valence-electron chi connectivity index (χ2n) is 11.1. The summed E-state index contributed by atoms with van der Waals surface area (Å²) in [4.78, 5) is 9.06. The van der Waals surface area contributed by atoms with Crippen LogP contribution in [-0.4, -0.2) is 14.5 Å². The summed E-state index contributed by atoms with van der Waals surface area (Å²) < 4.78 is 2.41. The van der Waals surface area contributed by atoms with E-state index in [0.29, 0.717) is 5.92 Å². The normalized spacial score (nSPS) is 10.8. The first-order valence-corrected chi connectivity index (χ1v) is 15.0. The van der Waals surface area contributed by atoms with Gasteiger partial charge in [0.2, 0.25) is 0 Å². The maximum atomic E-state index is 4.60. The van der Waals surface area contributed by atoms with Crippen LogP contribution in [0.25, 0.3) is 55.4 Å². The van der Waals surface area contributed by atoms with E-state index in [1.54, 1.807) is 0 Å². The van der Waals surface area contributed by atoms with Gasteiger partial charge in [-0.1, -0.05) is 92.9 Å². The van der Waals surface area contributed by atoms with Gasteiger partial charge in [-0.25, -0.2) is 0 Å². The number of aryl methyl sites for hydroxylation is 1. The molecule has 0 N–H and O–H groups in total. The van der Waals surface area contributed by atoms with Crippen LogP contribution in [0.5, 0.6) is 0 Å². The quantitative estimate of drug-likeness (QED) is 0.159. The van der Waals surface area contributed by atoms with Crippen LogP contribution in [0.4, 0.5) is 0 Å². The van der Waals surface area contributed by atoms with Crippen LogP contribution in [0.1, 0.15) is 26.3 Å². The molecule has 0 aliphatic rings. The minimum absolute atomic E-state index is 0. The van der Waals surface area contributed by atoms with Crippen molar-refractivity contribution in [2.45, 2.75) is 33.7 Å². The van der Waals surface area contributed by atoms with Crippen LogP contribution in [0.15, 0.2) is 128 Å². The molecule has 0 aliphatic heterocycles. The van der Waals surface area contributed by atoms with Crippen molar-refractivity contribution in [1.82, 2.24) is 14.5 Å². The van der Waals surface area contributed by atoms with E-state index in [1.807, 2.05) is 60.9 Å². The maximum absolute atomic E-state index is 4.60. The van der Waals surface area contributed by atoms with Crippen LogP contribution in [0.3, 0.4) is 0 Å². The molecule has 0 aliphatic carbocycles. The number of para-hydroxylation sites is 1. The molecule has 0 saturated heterocycles. The number of hydrogen-bond acceptors (Lipinski definition) is 2. The second-order valence-corrected chi connectivity index (χ2v) is 11.1. The number of rotatable bonds is 6. The van der Waals surface area contributed by atoms with Gasteiger partial charge in [-0.2, -0.15) is 0 Å².